The molecule has 1 fully saturated rings. The molecule has 0 bridgehead atoms. The Balaban J connectivity index is 2.20. The molecule has 2 rings (SSSR count). The molecule has 25 heavy (non-hydrogen) atoms. The minimum atomic E-state index is -4.89. The third-order valence-corrected chi connectivity index (χ3v) is 5.42. The zero-order chi connectivity index (χ0) is 18.7. The zero-order valence-electron chi connectivity index (χ0n) is 13.5. The van der Waals surface area contributed by atoms with Crippen molar-refractivity contribution in [1.29, 1.82) is 0 Å². The van der Waals surface area contributed by atoms with Crippen molar-refractivity contribution in [2.45, 2.75) is 36.4 Å². The summed E-state index contributed by atoms with van der Waals surface area (Å²) >= 11 is 0. The molecule has 0 aromatic heterocycles. The van der Waals surface area contributed by atoms with Crippen LogP contribution in [0, 0.1) is 0 Å². The van der Waals surface area contributed by atoms with E-state index >= 15 is 0 Å². The Morgan fingerprint density at radius 3 is 2.68 bits per heavy atom. The molecule has 10 heteroatoms. The number of nitrogens with one attached hydrogen (secondary N) is 2. The number of carbonyl (C=O) groups excluding carboxylic acids is 1. The molecule has 0 unspecified atom stereocenters. The van der Waals surface area contributed by atoms with Crippen molar-refractivity contribution >= 4 is 16.0 Å². The third kappa shape index (κ3) is 4.93. The van der Waals surface area contributed by atoms with Gasteiger partial charge in [-0.3, -0.25) is 0 Å². The van der Waals surface area contributed by atoms with Crippen LogP contribution in [-0.4, -0.2) is 40.6 Å². The number of esters is 1. The number of rotatable bonds is 6. The predicted molar refractivity (Wildman–Crippen MR) is 83.6 cm³/mol. The molecule has 140 valence electrons. The van der Waals surface area contributed by atoms with Crippen LogP contribution in [0.3, 0.4) is 0 Å². The second kappa shape index (κ2) is 7.71. The Kier molecular flexibility index (Phi) is 6.07. The van der Waals surface area contributed by atoms with E-state index in [0.29, 0.717) is 12.5 Å². The fourth-order valence-corrected chi connectivity index (χ4v) is 3.74. The monoisotopic (exact) mass is 380 g/mol. The summed E-state index contributed by atoms with van der Waals surface area (Å²) in [5.41, 5.74) is -2.08. The Morgan fingerprint density at radius 1 is 1.40 bits per heavy atom. The lowest BCUT2D eigenvalue weighted by molar-refractivity contribution is -0.138. The standard InChI is InChI=1S/C15H19F3N2O4S/c1-24-14(21)12-5-4-11(9-13(12)15(16,17)18)25(22,23)20-8-6-10-3-2-7-19-10/h4-5,9-10,19-20H,2-3,6-8H2,1H3/t10-/m1/s1. The minimum absolute atomic E-state index is 0.111. The van der Waals surface area contributed by atoms with E-state index < -0.39 is 38.2 Å². The van der Waals surface area contributed by atoms with Crippen molar-refractivity contribution < 1.29 is 31.1 Å². The molecular weight excluding hydrogens is 361 g/mol. The van der Waals surface area contributed by atoms with Crippen molar-refractivity contribution in [3.63, 3.8) is 0 Å². The molecule has 2 N–H and O–H groups in total. The number of ether oxygens (including phenoxy) is 1. The average Bonchev–Trinajstić information content (AvgIpc) is 3.06. The highest BCUT2D eigenvalue weighted by atomic mass is 32.2. The SMILES string of the molecule is COC(=O)c1ccc(S(=O)(=O)NCC[C@H]2CCCN2)cc1C(F)(F)F. The maximum Gasteiger partial charge on any atom is 0.417 e. The smallest absolute Gasteiger partial charge is 0.417 e. The fraction of sp³-hybridized carbons (Fsp3) is 0.533. The molecule has 1 aliphatic rings. The fourth-order valence-electron chi connectivity index (χ4n) is 2.67. The van der Waals surface area contributed by atoms with Gasteiger partial charge in [-0.15, -0.1) is 0 Å². The van der Waals surface area contributed by atoms with Crippen LogP contribution < -0.4 is 10.0 Å². The molecule has 1 aromatic rings. The first-order valence-electron chi connectivity index (χ1n) is 7.68. The van der Waals surface area contributed by atoms with E-state index in [0.717, 1.165) is 38.6 Å². The van der Waals surface area contributed by atoms with Gasteiger partial charge in [0.05, 0.1) is 23.1 Å². The normalized spacial score (nSPS) is 18.3. The van der Waals surface area contributed by atoms with Crippen molar-refractivity contribution in [2.24, 2.45) is 0 Å². The topological polar surface area (TPSA) is 84.5 Å². The summed E-state index contributed by atoms with van der Waals surface area (Å²) < 4.78 is 70.5. The van der Waals surface area contributed by atoms with Crippen LogP contribution in [-0.2, 0) is 20.9 Å². The van der Waals surface area contributed by atoms with Crippen molar-refractivity contribution in [3.8, 4) is 0 Å². The minimum Gasteiger partial charge on any atom is -0.465 e. The Morgan fingerprint density at radius 2 is 2.12 bits per heavy atom. The van der Waals surface area contributed by atoms with Gasteiger partial charge in [0.1, 0.15) is 0 Å². The summed E-state index contributed by atoms with van der Waals surface area (Å²) in [4.78, 5) is 10.9. The Labute approximate surface area is 143 Å². The van der Waals surface area contributed by atoms with Crippen LogP contribution in [0.1, 0.15) is 35.2 Å². The molecule has 1 aromatic carbocycles. The van der Waals surface area contributed by atoms with Gasteiger partial charge in [-0.2, -0.15) is 13.2 Å². The molecule has 1 aliphatic heterocycles. The van der Waals surface area contributed by atoms with Gasteiger partial charge in [-0.25, -0.2) is 17.9 Å². The maximum atomic E-state index is 13.1. The van der Waals surface area contributed by atoms with E-state index in [4.69, 9.17) is 0 Å². The summed E-state index contributed by atoms with van der Waals surface area (Å²) in [6.45, 7) is 0.988. The quantitative estimate of drug-likeness (QED) is 0.737. The Hall–Kier alpha value is -1.65. The van der Waals surface area contributed by atoms with E-state index in [2.05, 4.69) is 14.8 Å². The number of carbonyl (C=O) groups is 1. The van der Waals surface area contributed by atoms with Crippen LogP contribution in [0.25, 0.3) is 0 Å². The van der Waals surface area contributed by atoms with Gasteiger partial charge in [0.15, 0.2) is 0 Å². The molecular formula is C15H19F3N2O4S. The number of benzene rings is 1. The lowest BCUT2D eigenvalue weighted by Gasteiger charge is -2.14. The molecule has 1 heterocycles. The zero-order valence-corrected chi connectivity index (χ0v) is 14.3. The second-order valence-corrected chi connectivity index (χ2v) is 7.44. The maximum absolute atomic E-state index is 13.1. The summed E-state index contributed by atoms with van der Waals surface area (Å²) in [5, 5.41) is 3.20. The van der Waals surface area contributed by atoms with Gasteiger partial charge in [-0.1, -0.05) is 0 Å². The second-order valence-electron chi connectivity index (χ2n) is 5.68. The van der Waals surface area contributed by atoms with E-state index in [9.17, 15) is 26.4 Å². The summed E-state index contributed by atoms with van der Waals surface area (Å²) in [6, 6.07) is 2.41. The number of halogens is 3. The van der Waals surface area contributed by atoms with Gasteiger partial charge < -0.3 is 10.1 Å². The predicted octanol–water partition coefficient (Wildman–Crippen LogP) is 1.91. The largest absolute Gasteiger partial charge is 0.465 e. The van der Waals surface area contributed by atoms with Crippen molar-refractivity contribution in [2.75, 3.05) is 20.2 Å². The number of alkyl halides is 3. The molecule has 0 radical (unpaired) electrons. The van der Waals surface area contributed by atoms with Gasteiger partial charge >= 0.3 is 12.1 Å². The van der Waals surface area contributed by atoms with E-state index in [1.807, 2.05) is 0 Å². The van der Waals surface area contributed by atoms with E-state index in [1.165, 1.54) is 0 Å². The van der Waals surface area contributed by atoms with Crippen LogP contribution >= 0.6 is 0 Å². The molecule has 1 saturated heterocycles. The van der Waals surface area contributed by atoms with E-state index in [1.54, 1.807) is 0 Å². The van der Waals surface area contributed by atoms with Crippen LogP contribution in [0.2, 0.25) is 0 Å². The third-order valence-electron chi connectivity index (χ3n) is 3.96. The highest BCUT2D eigenvalue weighted by Crippen LogP contribution is 2.34. The van der Waals surface area contributed by atoms with Gasteiger partial charge in [0, 0.05) is 12.6 Å². The molecule has 0 amide bonds. The molecule has 0 aliphatic carbocycles. The average molecular weight is 380 g/mol. The molecule has 0 spiro atoms. The van der Waals surface area contributed by atoms with Crippen molar-refractivity contribution in [3.05, 3.63) is 29.3 Å². The summed E-state index contributed by atoms with van der Waals surface area (Å²) in [5.74, 6) is -1.18. The summed E-state index contributed by atoms with van der Waals surface area (Å²) in [7, 11) is -3.16. The first-order chi connectivity index (χ1) is 11.6. The summed E-state index contributed by atoms with van der Waals surface area (Å²) in [6.07, 6.45) is -2.39. The van der Waals surface area contributed by atoms with Gasteiger partial charge in [0.2, 0.25) is 10.0 Å². The highest BCUT2D eigenvalue weighted by Gasteiger charge is 2.37. The lowest BCUT2D eigenvalue weighted by atomic mass is 10.1. The van der Waals surface area contributed by atoms with Crippen LogP contribution in [0.15, 0.2) is 23.1 Å². The highest BCUT2D eigenvalue weighted by molar-refractivity contribution is 7.89. The van der Waals surface area contributed by atoms with Crippen LogP contribution in [0.4, 0.5) is 13.2 Å². The first kappa shape index (κ1) is 19.7. The van der Waals surface area contributed by atoms with E-state index in [-0.39, 0.29) is 12.6 Å². The van der Waals surface area contributed by atoms with Crippen LogP contribution in [0.5, 0.6) is 0 Å². The van der Waals surface area contributed by atoms with Gasteiger partial charge in [0.25, 0.3) is 0 Å². The number of hydrogen-bond acceptors (Lipinski definition) is 5. The Bertz CT molecular complexity index is 729. The number of methoxy groups -OCH3 is 1. The first-order valence-corrected chi connectivity index (χ1v) is 9.16. The molecule has 1 atom stereocenters. The molecule has 6 nitrogen and oxygen atoms in total. The van der Waals surface area contributed by atoms with Crippen molar-refractivity contribution in [1.82, 2.24) is 10.0 Å². The number of hydrogen-bond donors (Lipinski definition) is 2. The lowest BCUT2D eigenvalue weighted by Crippen LogP contribution is -2.31. The molecule has 0 saturated carbocycles. The van der Waals surface area contributed by atoms with Gasteiger partial charge in [-0.05, 0) is 44.0 Å². The number of sulfonamides is 1.